The van der Waals surface area contributed by atoms with Gasteiger partial charge in [-0.25, -0.2) is 0 Å². The topological polar surface area (TPSA) is 23.8 Å². The fourth-order valence-corrected chi connectivity index (χ4v) is 2.79. The van der Waals surface area contributed by atoms with Crippen molar-refractivity contribution in [2.45, 2.75) is 30.6 Å². The maximum atomic E-state index is 8.51. The van der Waals surface area contributed by atoms with Gasteiger partial charge in [-0.3, -0.25) is 0 Å². The Bertz CT molecular complexity index is 365. The fourth-order valence-electron chi connectivity index (χ4n) is 1.77. The van der Waals surface area contributed by atoms with Crippen LogP contribution in [0.3, 0.4) is 0 Å². The van der Waals surface area contributed by atoms with Crippen molar-refractivity contribution in [3.8, 4) is 6.07 Å². The van der Waals surface area contributed by atoms with Gasteiger partial charge in [0, 0.05) is 11.3 Å². The van der Waals surface area contributed by atoms with E-state index in [9.17, 15) is 0 Å². The predicted molar refractivity (Wildman–Crippen MR) is 59.4 cm³/mol. The molecule has 1 aliphatic heterocycles. The maximum absolute atomic E-state index is 8.51. The van der Waals surface area contributed by atoms with Crippen molar-refractivity contribution in [3.05, 3.63) is 29.3 Å². The van der Waals surface area contributed by atoms with Crippen LogP contribution in [0.5, 0.6) is 0 Å². The highest BCUT2D eigenvalue weighted by molar-refractivity contribution is 7.99. The first-order chi connectivity index (χ1) is 6.90. The Morgan fingerprint density at radius 2 is 2.36 bits per heavy atom. The molecule has 72 valence electrons. The van der Waals surface area contributed by atoms with E-state index in [1.54, 1.807) is 0 Å². The normalized spacial score (nSPS) is 14.5. The summed E-state index contributed by atoms with van der Waals surface area (Å²) in [5, 5.41) is 8.51. The first-order valence-electron chi connectivity index (χ1n) is 5.02. The Balaban J connectivity index is 2.17. The molecular formula is C12H13NS. The van der Waals surface area contributed by atoms with Gasteiger partial charge in [0.1, 0.15) is 0 Å². The lowest BCUT2D eigenvalue weighted by Crippen LogP contribution is -1.99. The van der Waals surface area contributed by atoms with Crippen LogP contribution in [0.4, 0.5) is 0 Å². The molecule has 1 aromatic carbocycles. The average molecular weight is 203 g/mol. The summed E-state index contributed by atoms with van der Waals surface area (Å²) in [6.45, 7) is 0. The zero-order valence-electron chi connectivity index (χ0n) is 8.12. The van der Waals surface area contributed by atoms with Gasteiger partial charge in [-0.15, -0.1) is 11.8 Å². The highest BCUT2D eigenvalue weighted by Crippen LogP contribution is 2.30. The molecule has 0 saturated heterocycles. The van der Waals surface area contributed by atoms with Crippen LogP contribution in [-0.4, -0.2) is 5.75 Å². The van der Waals surface area contributed by atoms with Crippen LogP contribution in [-0.2, 0) is 12.8 Å². The molecule has 2 heteroatoms. The van der Waals surface area contributed by atoms with Crippen molar-refractivity contribution in [1.29, 1.82) is 5.26 Å². The van der Waals surface area contributed by atoms with Crippen LogP contribution in [0.1, 0.15) is 24.0 Å². The smallest absolute Gasteiger partial charge is 0.0625 e. The number of fused-ring (bicyclic) bond motifs is 1. The summed E-state index contributed by atoms with van der Waals surface area (Å²) >= 11 is 1.96. The van der Waals surface area contributed by atoms with Crippen LogP contribution in [0.15, 0.2) is 23.1 Å². The molecule has 14 heavy (non-hydrogen) atoms. The number of nitriles is 1. The van der Waals surface area contributed by atoms with Gasteiger partial charge in [0.2, 0.25) is 0 Å². The van der Waals surface area contributed by atoms with E-state index in [-0.39, 0.29) is 0 Å². The van der Waals surface area contributed by atoms with Gasteiger partial charge >= 0.3 is 0 Å². The molecule has 0 atom stereocenters. The Kier molecular flexibility index (Phi) is 3.10. The van der Waals surface area contributed by atoms with Crippen molar-refractivity contribution in [2.75, 3.05) is 5.75 Å². The number of hydrogen-bond acceptors (Lipinski definition) is 2. The molecule has 1 heterocycles. The summed E-state index contributed by atoms with van der Waals surface area (Å²) in [6, 6.07) is 8.84. The van der Waals surface area contributed by atoms with Crippen LogP contribution < -0.4 is 0 Å². The van der Waals surface area contributed by atoms with E-state index in [4.69, 9.17) is 5.26 Å². The lowest BCUT2D eigenvalue weighted by Gasteiger charge is -2.15. The minimum atomic E-state index is 0.631. The van der Waals surface area contributed by atoms with E-state index in [1.807, 2.05) is 11.8 Å². The number of hydrogen-bond donors (Lipinski definition) is 0. The summed E-state index contributed by atoms with van der Waals surface area (Å²) in [5.74, 6) is 1.25. The molecule has 0 fully saturated rings. The van der Waals surface area contributed by atoms with Crippen LogP contribution >= 0.6 is 11.8 Å². The number of benzene rings is 1. The second-order valence-corrected chi connectivity index (χ2v) is 4.69. The molecule has 0 aromatic heterocycles. The molecule has 0 N–H and O–H groups in total. The quantitative estimate of drug-likeness (QED) is 0.737. The minimum absolute atomic E-state index is 0.631. The Labute approximate surface area is 89.1 Å². The standard InChI is InChI=1S/C12H13NS/c13-7-1-3-10-5-6-12-11(9-10)4-2-8-14-12/h5-6,9H,1-4,8H2. The van der Waals surface area contributed by atoms with Crippen LogP contribution in [0.25, 0.3) is 0 Å². The van der Waals surface area contributed by atoms with Crippen LogP contribution in [0, 0.1) is 11.3 Å². The number of nitrogens with zero attached hydrogens (tertiary/aromatic N) is 1. The first kappa shape index (κ1) is 9.61. The molecule has 1 aliphatic rings. The molecule has 0 saturated carbocycles. The second-order valence-electron chi connectivity index (χ2n) is 3.55. The van der Waals surface area contributed by atoms with E-state index in [0.29, 0.717) is 6.42 Å². The van der Waals surface area contributed by atoms with Gasteiger partial charge in [-0.2, -0.15) is 5.26 Å². The maximum Gasteiger partial charge on any atom is 0.0625 e. The largest absolute Gasteiger partial charge is 0.198 e. The molecule has 0 aliphatic carbocycles. The van der Waals surface area contributed by atoms with Crippen molar-refractivity contribution >= 4 is 11.8 Å². The Hall–Kier alpha value is -0.940. The van der Waals surface area contributed by atoms with Crippen molar-refractivity contribution in [3.63, 3.8) is 0 Å². The monoisotopic (exact) mass is 203 g/mol. The number of thioether (sulfide) groups is 1. The predicted octanol–water partition coefficient (Wildman–Crippen LogP) is 3.18. The molecule has 0 bridgehead atoms. The fraction of sp³-hybridized carbons (Fsp3) is 0.417. The zero-order chi connectivity index (χ0) is 9.80. The van der Waals surface area contributed by atoms with Gasteiger partial charge in [-0.05, 0) is 42.2 Å². The highest BCUT2D eigenvalue weighted by atomic mass is 32.2. The third kappa shape index (κ3) is 2.10. The SMILES string of the molecule is N#CCCc1ccc2c(c1)CCCS2. The minimum Gasteiger partial charge on any atom is -0.198 e. The number of rotatable bonds is 2. The summed E-state index contributed by atoms with van der Waals surface area (Å²) < 4.78 is 0. The molecule has 0 amide bonds. The average Bonchev–Trinajstić information content (AvgIpc) is 2.26. The number of aryl methyl sites for hydroxylation is 2. The Morgan fingerprint density at radius 1 is 1.43 bits per heavy atom. The third-order valence-corrected chi connectivity index (χ3v) is 3.70. The zero-order valence-corrected chi connectivity index (χ0v) is 8.94. The molecule has 2 rings (SSSR count). The summed E-state index contributed by atoms with van der Waals surface area (Å²) in [4.78, 5) is 1.44. The Morgan fingerprint density at radius 3 is 3.21 bits per heavy atom. The molecule has 0 radical (unpaired) electrons. The molecule has 1 nitrogen and oxygen atoms in total. The van der Waals surface area contributed by atoms with E-state index < -0.39 is 0 Å². The third-order valence-electron chi connectivity index (χ3n) is 2.50. The lowest BCUT2D eigenvalue weighted by atomic mass is 10.0. The van der Waals surface area contributed by atoms with E-state index >= 15 is 0 Å². The van der Waals surface area contributed by atoms with Gasteiger partial charge in [0.25, 0.3) is 0 Å². The highest BCUT2D eigenvalue weighted by Gasteiger charge is 2.09. The molecular weight excluding hydrogens is 190 g/mol. The molecule has 0 spiro atoms. The van der Waals surface area contributed by atoms with Gasteiger partial charge in [0.15, 0.2) is 0 Å². The summed E-state index contributed by atoms with van der Waals surface area (Å²) in [5.41, 5.74) is 2.80. The molecule has 1 aromatic rings. The van der Waals surface area contributed by atoms with Gasteiger partial charge < -0.3 is 0 Å². The van der Waals surface area contributed by atoms with E-state index in [0.717, 1.165) is 6.42 Å². The van der Waals surface area contributed by atoms with Crippen molar-refractivity contribution in [2.24, 2.45) is 0 Å². The van der Waals surface area contributed by atoms with E-state index in [2.05, 4.69) is 24.3 Å². The first-order valence-corrected chi connectivity index (χ1v) is 6.00. The summed E-state index contributed by atoms with van der Waals surface area (Å²) in [6.07, 6.45) is 4.03. The van der Waals surface area contributed by atoms with Crippen LogP contribution in [0.2, 0.25) is 0 Å². The van der Waals surface area contributed by atoms with Gasteiger partial charge in [-0.1, -0.05) is 12.1 Å². The van der Waals surface area contributed by atoms with E-state index in [1.165, 1.54) is 34.6 Å². The lowest BCUT2D eigenvalue weighted by molar-refractivity contribution is 0.880. The molecule has 0 unspecified atom stereocenters. The van der Waals surface area contributed by atoms with Crippen molar-refractivity contribution in [1.82, 2.24) is 0 Å². The van der Waals surface area contributed by atoms with Crippen molar-refractivity contribution < 1.29 is 0 Å². The van der Waals surface area contributed by atoms with Gasteiger partial charge in [0.05, 0.1) is 6.07 Å². The second kappa shape index (κ2) is 4.52. The summed E-state index contributed by atoms with van der Waals surface area (Å²) in [7, 11) is 0.